The van der Waals surface area contributed by atoms with Gasteiger partial charge in [0.15, 0.2) is 11.5 Å². The van der Waals surface area contributed by atoms with Crippen LogP contribution in [0, 0.1) is 5.92 Å². The van der Waals surface area contributed by atoms with Crippen molar-refractivity contribution in [3.8, 4) is 17.3 Å². The highest BCUT2D eigenvalue weighted by Crippen LogP contribution is 2.51. The number of hydrogen-bond donors (Lipinski definition) is 3. The Morgan fingerprint density at radius 2 is 1.74 bits per heavy atom. The highest BCUT2D eigenvalue weighted by Gasteiger charge is 2.65. The molecule has 53 heavy (non-hydrogen) atoms. The van der Waals surface area contributed by atoms with Gasteiger partial charge in [0.05, 0.1) is 28.9 Å². The average molecular weight is 751 g/mol. The third-order valence-corrected chi connectivity index (χ3v) is 12.6. The van der Waals surface area contributed by atoms with E-state index < -0.39 is 81.4 Å². The van der Waals surface area contributed by atoms with Crippen LogP contribution in [0.15, 0.2) is 59.0 Å². The number of hydrogen-bond acceptors (Lipinski definition) is 10. The molecule has 4 fully saturated rings. The van der Waals surface area contributed by atoms with E-state index in [0.29, 0.717) is 53.8 Å². The zero-order valence-corrected chi connectivity index (χ0v) is 29.6. The summed E-state index contributed by atoms with van der Waals surface area (Å²) in [5, 5.41) is 2.73. The number of nitrogens with two attached hydrogens (primary N) is 1. The minimum absolute atomic E-state index is 0.0583. The number of halogens is 2. The molecule has 0 spiro atoms. The van der Waals surface area contributed by atoms with E-state index >= 15 is 8.78 Å². The number of para-hydroxylation sites is 3. The summed E-state index contributed by atoms with van der Waals surface area (Å²) in [6.45, 7) is -0.0740. The maximum Gasteiger partial charge on any atom is 0.259 e. The van der Waals surface area contributed by atoms with E-state index in [-0.39, 0.29) is 38.1 Å². The van der Waals surface area contributed by atoms with Gasteiger partial charge < -0.3 is 25.1 Å². The third kappa shape index (κ3) is 7.05. The predicted octanol–water partition coefficient (Wildman–Crippen LogP) is 4.19. The maximum atomic E-state index is 15.2. The highest BCUT2D eigenvalue weighted by atomic mass is 32.2. The van der Waals surface area contributed by atoms with Gasteiger partial charge in [-0.25, -0.2) is 27.2 Å². The van der Waals surface area contributed by atoms with Gasteiger partial charge in [-0.2, -0.15) is 0 Å². The number of aromatic nitrogens is 2. The number of rotatable bonds is 6. The fraction of sp³-hybridized carbons (Fsp3) is 0.486. The molecule has 2 aliphatic heterocycles. The fourth-order valence-corrected chi connectivity index (χ4v) is 8.99. The first-order valence-corrected chi connectivity index (χ1v) is 19.6. The number of ether oxygens (including phenoxy) is 1. The summed E-state index contributed by atoms with van der Waals surface area (Å²) in [6.07, 6.45) is -0.196. The van der Waals surface area contributed by atoms with Gasteiger partial charge in [0.2, 0.25) is 33.6 Å². The Kier molecular flexibility index (Phi) is 8.87. The van der Waals surface area contributed by atoms with E-state index in [4.69, 9.17) is 24.9 Å². The Labute approximate surface area is 304 Å². The zero-order chi connectivity index (χ0) is 37.1. The summed E-state index contributed by atoms with van der Waals surface area (Å²) in [7, 11) is -4.05. The van der Waals surface area contributed by atoms with Crippen LogP contribution in [-0.2, 0) is 24.4 Å². The van der Waals surface area contributed by atoms with Crippen LogP contribution < -0.4 is 20.5 Å². The number of furan rings is 1. The molecule has 0 bridgehead atoms. The molecule has 2 aliphatic carbocycles. The fourth-order valence-electron chi connectivity index (χ4n) is 7.63. The first-order chi connectivity index (χ1) is 25.3. The molecule has 4 heterocycles. The number of carbonyl (C=O) groups excluding carboxylic acids is 3. The van der Waals surface area contributed by atoms with Crippen LogP contribution in [0.5, 0.6) is 5.88 Å². The number of nitrogens with one attached hydrogen (secondary N) is 2. The van der Waals surface area contributed by atoms with Crippen molar-refractivity contribution in [2.75, 3.05) is 6.54 Å². The van der Waals surface area contributed by atoms with Gasteiger partial charge in [0.25, 0.3) is 5.91 Å². The largest absolute Gasteiger partial charge is 0.471 e. The van der Waals surface area contributed by atoms with Gasteiger partial charge in [-0.05, 0) is 62.3 Å². The van der Waals surface area contributed by atoms with Gasteiger partial charge in [-0.1, -0.05) is 43.2 Å². The van der Waals surface area contributed by atoms with Crippen LogP contribution in [0.25, 0.3) is 33.5 Å². The maximum absolute atomic E-state index is 15.2. The summed E-state index contributed by atoms with van der Waals surface area (Å²) < 4.78 is 70.5. The first kappa shape index (κ1) is 35.3. The van der Waals surface area contributed by atoms with Crippen molar-refractivity contribution in [3.05, 3.63) is 54.6 Å². The van der Waals surface area contributed by atoms with Crippen molar-refractivity contribution in [1.29, 1.82) is 0 Å². The molecule has 2 saturated heterocycles. The number of amides is 3. The molecule has 0 radical (unpaired) electrons. The Balaban J connectivity index is 1.11. The van der Waals surface area contributed by atoms with Gasteiger partial charge in [-0.3, -0.25) is 19.1 Å². The normalized spacial score (nSPS) is 28.0. The van der Waals surface area contributed by atoms with Gasteiger partial charge >= 0.3 is 0 Å². The van der Waals surface area contributed by atoms with E-state index in [1.807, 2.05) is 41.1 Å². The molecule has 3 amide bonds. The number of fused-ring (bicyclic) bond motifs is 4. The lowest BCUT2D eigenvalue weighted by Crippen LogP contribution is -2.58. The molecule has 5 atom stereocenters. The van der Waals surface area contributed by atoms with E-state index in [1.54, 1.807) is 18.2 Å². The number of sulfonamides is 1. The van der Waals surface area contributed by atoms with E-state index in [2.05, 4.69) is 5.32 Å². The summed E-state index contributed by atoms with van der Waals surface area (Å²) in [5.41, 5.74) is 6.52. The Bertz CT molecular complexity index is 2180. The van der Waals surface area contributed by atoms with Crippen molar-refractivity contribution in [3.63, 3.8) is 0 Å². The molecule has 4 aromatic rings. The molecule has 2 saturated carbocycles. The van der Waals surface area contributed by atoms with Gasteiger partial charge in [0, 0.05) is 24.6 Å². The second kappa shape index (κ2) is 13.3. The molecule has 2 aromatic carbocycles. The van der Waals surface area contributed by atoms with Crippen molar-refractivity contribution in [2.24, 2.45) is 11.7 Å². The van der Waals surface area contributed by atoms with Crippen LogP contribution >= 0.6 is 0 Å². The monoisotopic (exact) mass is 750 g/mol. The second-order valence-electron chi connectivity index (χ2n) is 14.8. The number of nitrogens with zero attached hydrogens (tertiary/aromatic N) is 3. The van der Waals surface area contributed by atoms with Gasteiger partial charge in [-0.15, -0.1) is 0 Å². The molecule has 0 unspecified atom stereocenters. The lowest BCUT2D eigenvalue weighted by atomic mass is 10.0. The summed E-state index contributed by atoms with van der Waals surface area (Å²) in [5.74, 6) is -6.03. The number of benzene rings is 2. The Morgan fingerprint density at radius 3 is 2.49 bits per heavy atom. The van der Waals surface area contributed by atoms with Crippen LogP contribution in [0.2, 0.25) is 0 Å². The van der Waals surface area contributed by atoms with Crippen LogP contribution in [0.3, 0.4) is 0 Å². The minimum Gasteiger partial charge on any atom is -0.471 e. The van der Waals surface area contributed by atoms with Crippen molar-refractivity contribution in [1.82, 2.24) is 24.9 Å². The topological polar surface area (TPSA) is 187 Å². The van der Waals surface area contributed by atoms with Crippen molar-refractivity contribution < 1.29 is 40.7 Å². The minimum atomic E-state index is -4.05. The van der Waals surface area contributed by atoms with Crippen LogP contribution in [-0.4, -0.2) is 82.5 Å². The molecule has 16 heteroatoms. The molecule has 4 N–H and O–H groups in total. The van der Waals surface area contributed by atoms with Crippen LogP contribution in [0.1, 0.15) is 64.2 Å². The zero-order valence-electron chi connectivity index (χ0n) is 28.8. The van der Waals surface area contributed by atoms with E-state index in [1.165, 1.54) is 4.90 Å². The second-order valence-corrected chi connectivity index (χ2v) is 16.8. The van der Waals surface area contributed by atoms with Crippen molar-refractivity contribution >= 4 is 49.7 Å². The molecule has 2 aromatic heterocycles. The third-order valence-electron chi connectivity index (χ3n) is 10.8. The van der Waals surface area contributed by atoms with E-state index in [0.717, 1.165) is 5.39 Å². The number of alkyl halides is 2. The Hall–Kier alpha value is -4.70. The van der Waals surface area contributed by atoms with Crippen molar-refractivity contribution in [2.45, 2.75) is 99.1 Å². The first-order valence-electron chi connectivity index (χ1n) is 18.1. The average Bonchev–Trinajstić information content (AvgIpc) is 4.00. The molecule has 280 valence electrons. The number of carbonyl (C=O) groups is 3. The van der Waals surface area contributed by atoms with Gasteiger partial charge in [0.1, 0.15) is 23.3 Å². The molecule has 4 aliphatic rings. The highest BCUT2D eigenvalue weighted by molar-refractivity contribution is 7.91. The van der Waals surface area contributed by atoms with Crippen LogP contribution in [0.4, 0.5) is 8.78 Å². The Morgan fingerprint density at radius 1 is 1.00 bits per heavy atom. The summed E-state index contributed by atoms with van der Waals surface area (Å²) in [6, 6.07) is 14.3. The summed E-state index contributed by atoms with van der Waals surface area (Å²) in [4.78, 5) is 52.6. The summed E-state index contributed by atoms with van der Waals surface area (Å²) >= 11 is 0. The lowest BCUT2D eigenvalue weighted by molar-refractivity contribution is -0.140. The smallest absolute Gasteiger partial charge is 0.259 e. The molecule has 8 rings (SSSR count). The molecular formula is C37H40F2N6O7S. The lowest BCUT2D eigenvalue weighted by Gasteiger charge is -2.28. The SMILES string of the molecule is N[C@H]1CCCCCC(F)(F)C[C@@H]2C[C@@]2(C(=O)NS(=O)(=O)C2CC2)NC(=O)[C@@H]2C[C@@H](Oc3nc4ccccc4nc3-c3cc4ccccc4o3)CN2C1=O. The standard InChI is InChI=1S/C37H40F2N6O7S/c38-36(39)15-7-1-2-9-25(40)34(47)45-20-23(17-28(45)32(46)43-37(19-22(37)18-36)35(48)44-53(49,50)24-13-14-24)51-33-31(41-26-10-4-5-11-27(26)42-33)30-16-21-8-3-6-12-29(21)52-30/h3-6,8,10-12,16,22-25,28H,1-2,7,9,13-15,17-20,40H2,(H,43,46)(H,44,48)/t22-,23-,25+,28+,37-/m1/s1. The predicted molar refractivity (Wildman–Crippen MR) is 189 cm³/mol. The molecular weight excluding hydrogens is 711 g/mol. The van der Waals surface area contributed by atoms with E-state index in [9.17, 15) is 22.8 Å². The quantitative estimate of drug-likeness (QED) is 0.258. The molecule has 13 nitrogen and oxygen atoms in total.